The first kappa shape index (κ1) is 15.9. The molecule has 0 aliphatic heterocycles. The van der Waals surface area contributed by atoms with Crippen molar-refractivity contribution < 1.29 is 9.18 Å². The Bertz CT molecular complexity index is 770. The summed E-state index contributed by atoms with van der Waals surface area (Å²) in [6.45, 7) is 0.548. The number of benzene rings is 2. The van der Waals surface area contributed by atoms with Gasteiger partial charge in [-0.15, -0.1) is 0 Å². The number of nitrogens with one attached hydrogen (secondary N) is 1. The zero-order valence-electron chi connectivity index (χ0n) is 13.1. The summed E-state index contributed by atoms with van der Waals surface area (Å²) >= 11 is 0. The second kappa shape index (κ2) is 7.55. The summed E-state index contributed by atoms with van der Waals surface area (Å²) in [4.78, 5) is 12.4. The highest BCUT2D eigenvalue weighted by Gasteiger charge is 2.15. The van der Waals surface area contributed by atoms with Crippen molar-refractivity contribution in [2.24, 2.45) is 0 Å². The van der Waals surface area contributed by atoms with Crippen molar-refractivity contribution >= 4 is 5.91 Å². The largest absolute Gasteiger partial charge is 0.347 e. The van der Waals surface area contributed by atoms with Gasteiger partial charge in [-0.1, -0.05) is 42.5 Å². The van der Waals surface area contributed by atoms with E-state index in [2.05, 4.69) is 10.4 Å². The third kappa shape index (κ3) is 4.29. The van der Waals surface area contributed by atoms with Crippen LogP contribution < -0.4 is 5.32 Å². The Morgan fingerprint density at radius 2 is 1.83 bits per heavy atom. The van der Waals surface area contributed by atoms with E-state index in [0.29, 0.717) is 6.54 Å². The van der Waals surface area contributed by atoms with Gasteiger partial charge in [-0.2, -0.15) is 5.10 Å². The van der Waals surface area contributed by atoms with Crippen molar-refractivity contribution in [2.75, 3.05) is 0 Å². The first-order valence-corrected chi connectivity index (χ1v) is 7.77. The molecule has 1 atom stereocenters. The summed E-state index contributed by atoms with van der Waals surface area (Å²) in [5, 5.41) is 7.25. The van der Waals surface area contributed by atoms with Crippen LogP contribution in [-0.4, -0.2) is 15.7 Å². The van der Waals surface area contributed by atoms with Gasteiger partial charge in [0.05, 0.1) is 19.0 Å². The molecule has 0 fully saturated rings. The van der Waals surface area contributed by atoms with Crippen molar-refractivity contribution in [1.29, 1.82) is 0 Å². The van der Waals surface area contributed by atoms with Crippen LogP contribution in [0.25, 0.3) is 0 Å². The van der Waals surface area contributed by atoms with E-state index in [-0.39, 0.29) is 24.2 Å². The number of hydrogen-bond donors (Lipinski definition) is 1. The lowest BCUT2D eigenvalue weighted by molar-refractivity contribution is -0.121. The van der Waals surface area contributed by atoms with Crippen molar-refractivity contribution in [3.05, 3.63) is 90.0 Å². The molecule has 0 unspecified atom stereocenters. The standard InChI is InChI=1S/C19H18FN3O/c20-17-9-7-15(8-10-17)13-19(24)22-18(14-23-12-4-11-21-23)16-5-2-1-3-6-16/h1-12,18H,13-14H2,(H,22,24)/t18-/m1/s1. The average Bonchev–Trinajstić information content (AvgIpc) is 3.10. The van der Waals surface area contributed by atoms with E-state index in [0.717, 1.165) is 11.1 Å². The SMILES string of the molecule is O=C(Cc1ccc(F)cc1)N[C@H](Cn1cccn1)c1ccccc1. The Hall–Kier alpha value is -2.95. The highest BCUT2D eigenvalue weighted by molar-refractivity contribution is 5.79. The molecular weight excluding hydrogens is 305 g/mol. The molecule has 0 saturated carbocycles. The van der Waals surface area contributed by atoms with Crippen LogP contribution in [0.5, 0.6) is 0 Å². The Labute approximate surface area is 139 Å². The minimum absolute atomic E-state index is 0.109. The summed E-state index contributed by atoms with van der Waals surface area (Å²) in [5.41, 5.74) is 1.79. The number of aromatic nitrogens is 2. The van der Waals surface area contributed by atoms with Crippen LogP contribution in [0.1, 0.15) is 17.2 Å². The summed E-state index contributed by atoms with van der Waals surface area (Å²) in [6, 6.07) is 17.4. The van der Waals surface area contributed by atoms with Gasteiger partial charge in [-0.05, 0) is 29.3 Å². The number of halogens is 1. The summed E-state index contributed by atoms with van der Waals surface area (Å²) < 4.78 is 14.7. The number of amides is 1. The van der Waals surface area contributed by atoms with Crippen LogP contribution >= 0.6 is 0 Å². The van der Waals surface area contributed by atoms with Crippen LogP contribution in [0, 0.1) is 5.82 Å². The van der Waals surface area contributed by atoms with E-state index >= 15 is 0 Å². The van der Waals surface area contributed by atoms with Crippen LogP contribution in [0.3, 0.4) is 0 Å². The van der Waals surface area contributed by atoms with Gasteiger partial charge < -0.3 is 5.32 Å². The molecule has 3 rings (SSSR count). The minimum Gasteiger partial charge on any atom is -0.347 e. The quantitative estimate of drug-likeness (QED) is 0.757. The van der Waals surface area contributed by atoms with Gasteiger partial charge in [0.2, 0.25) is 5.91 Å². The van der Waals surface area contributed by atoms with E-state index < -0.39 is 0 Å². The molecule has 0 bridgehead atoms. The Balaban J connectivity index is 1.71. The number of hydrogen-bond acceptors (Lipinski definition) is 2. The number of rotatable bonds is 6. The zero-order valence-corrected chi connectivity index (χ0v) is 13.1. The second-order valence-electron chi connectivity index (χ2n) is 5.56. The highest BCUT2D eigenvalue weighted by Crippen LogP contribution is 2.15. The van der Waals surface area contributed by atoms with Crippen molar-refractivity contribution in [3.63, 3.8) is 0 Å². The van der Waals surface area contributed by atoms with Crippen molar-refractivity contribution in [1.82, 2.24) is 15.1 Å². The molecule has 0 aliphatic rings. The van der Waals surface area contributed by atoms with Gasteiger partial charge in [0.25, 0.3) is 0 Å². The van der Waals surface area contributed by atoms with Gasteiger partial charge in [-0.25, -0.2) is 4.39 Å². The molecule has 1 N–H and O–H groups in total. The molecule has 122 valence electrons. The Morgan fingerprint density at radius 3 is 2.50 bits per heavy atom. The second-order valence-corrected chi connectivity index (χ2v) is 5.56. The van der Waals surface area contributed by atoms with Gasteiger partial charge >= 0.3 is 0 Å². The van der Waals surface area contributed by atoms with E-state index in [1.165, 1.54) is 12.1 Å². The van der Waals surface area contributed by atoms with E-state index in [4.69, 9.17) is 0 Å². The molecule has 3 aromatic rings. The molecule has 0 radical (unpaired) electrons. The molecule has 0 spiro atoms. The zero-order chi connectivity index (χ0) is 16.8. The molecule has 4 nitrogen and oxygen atoms in total. The van der Waals surface area contributed by atoms with Gasteiger partial charge in [0.1, 0.15) is 5.82 Å². The Morgan fingerprint density at radius 1 is 1.08 bits per heavy atom. The topological polar surface area (TPSA) is 46.9 Å². The number of carbonyl (C=O) groups is 1. The first-order chi connectivity index (χ1) is 11.7. The molecular formula is C19H18FN3O. The fourth-order valence-corrected chi connectivity index (χ4v) is 2.55. The smallest absolute Gasteiger partial charge is 0.224 e. The van der Waals surface area contributed by atoms with Crippen LogP contribution in [-0.2, 0) is 17.8 Å². The lowest BCUT2D eigenvalue weighted by Gasteiger charge is -2.19. The lowest BCUT2D eigenvalue weighted by Crippen LogP contribution is -2.32. The summed E-state index contributed by atoms with van der Waals surface area (Å²) in [5.74, 6) is -0.414. The third-order valence-corrected chi connectivity index (χ3v) is 3.74. The van der Waals surface area contributed by atoms with Crippen molar-refractivity contribution in [2.45, 2.75) is 19.0 Å². The predicted octanol–water partition coefficient (Wildman–Crippen LogP) is 3.12. The van der Waals surface area contributed by atoms with Crippen LogP contribution in [0.15, 0.2) is 73.1 Å². The predicted molar refractivity (Wildman–Crippen MR) is 89.7 cm³/mol. The summed E-state index contributed by atoms with van der Waals surface area (Å²) in [6.07, 6.45) is 3.78. The lowest BCUT2D eigenvalue weighted by atomic mass is 10.1. The normalized spacial score (nSPS) is 11.9. The Kier molecular flexibility index (Phi) is 5.01. The number of carbonyl (C=O) groups excluding carboxylic acids is 1. The van der Waals surface area contributed by atoms with Gasteiger partial charge in [0.15, 0.2) is 0 Å². The van der Waals surface area contributed by atoms with Crippen LogP contribution in [0.2, 0.25) is 0 Å². The highest BCUT2D eigenvalue weighted by atomic mass is 19.1. The van der Waals surface area contributed by atoms with Crippen molar-refractivity contribution in [3.8, 4) is 0 Å². The minimum atomic E-state index is -0.306. The molecule has 2 aromatic carbocycles. The maximum atomic E-state index is 13.0. The molecule has 1 heterocycles. The molecule has 5 heteroatoms. The molecule has 1 aromatic heterocycles. The maximum Gasteiger partial charge on any atom is 0.224 e. The van der Waals surface area contributed by atoms with E-state index in [1.807, 2.05) is 42.6 Å². The maximum absolute atomic E-state index is 13.0. The fraction of sp³-hybridized carbons (Fsp3) is 0.158. The molecule has 0 aliphatic carbocycles. The third-order valence-electron chi connectivity index (χ3n) is 3.74. The van der Waals surface area contributed by atoms with E-state index in [9.17, 15) is 9.18 Å². The van der Waals surface area contributed by atoms with Crippen LogP contribution in [0.4, 0.5) is 4.39 Å². The molecule has 24 heavy (non-hydrogen) atoms. The monoisotopic (exact) mass is 323 g/mol. The molecule has 1 amide bonds. The first-order valence-electron chi connectivity index (χ1n) is 7.77. The number of nitrogens with zero attached hydrogens (tertiary/aromatic N) is 2. The molecule has 0 saturated heterocycles. The summed E-state index contributed by atoms with van der Waals surface area (Å²) in [7, 11) is 0. The van der Waals surface area contributed by atoms with E-state index in [1.54, 1.807) is 23.0 Å². The average molecular weight is 323 g/mol. The fourth-order valence-electron chi connectivity index (χ4n) is 2.55. The van der Waals surface area contributed by atoms with Gasteiger partial charge in [-0.3, -0.25) is 9.48 Å². The van der Waals surface area contributed by atoms with Gasteiger partial charge in [0, 0.05) is 12.4 Å².